The number of aromatic nitrogens is 3. The van der Waals surface area contributed by atoms with E-state index in [-0.39, 0.29) is 0 Å². The second-order valence-corrected chi connectivity index (χ2v) is 3.54. The van der Waals surface area contributed by atoms with Crippen LogP contribution in [0, 0.1) is 0 Å². The van der Waals surface area contributed by atoms with Crippen molar-refractivity contribution in [3.8, 4) is 5.69 Å². The third kappa shape index (κ3) is 2.16. The number of halogens is 1. The van der Waals surface area contributed by atoms with E-state index in [2.05, 4.69) is 10.1 Å². The van der Waals surface area contributed by atoms with Crippen LogP contribution in [0.15, 0.2) is 30.6 Å². The quantitative estimate of drug-likeness (QED) is 0.855. The highest BCUT2D eigenvalue weighted by atomic mass is 35.5. The van der Waals surface area contributed by atoms with Crippen LogP contribution in [0.3, 0.4) is 0 Å². The molecule has 1 aromatic carbocycles. The normalized spacial score (nSPS) is 10.5. The number of hydrogen-bond acceptors (Lipinski definition) is 3. The van der Waals surface area contributed by atoms with Crippen LogP contribution in [0.4, 0.5) is 0 Å². The zero-order valence-electron chi connectivity index (χ0n) is 8.10. The maximum absolute atomic E-state index is 5.90. The van der Waals surface area contributed by atoms with Crippen molar-refractivity contribution in [2.24, 2.45) is 5.73 Å². The van der Waals surface area contributed by atoms with Gasteiger partial charge in [-0.15, -0.1) is 0 Å². The average Bonchev–Trinajstić information content (AvgIpc) is 2.66. The van der Waals surface area contributed by atoms with Crippen molar-refractivity contribution in [3.05, 3.63) is 41.4 Å². The lowest BCUT2D eigenvalue weighted by molar-refractivity contribution is 0.776. The zero-order valence-corrected chi connectivity index (χ0v) is 8.85. The lowest BCUT2D eigenvalue weighted by Crippen LogP contribution is -2.09. The van der Waals surface area contributed by atoms with E-state index in [1.54, 1.807) is 4.68 Å². The summed E-state index contributed by atoms with van der Waals surface area (Å²) in [5, 5.41) is 4.82. The fourth-order valence-electron chi connectivity index (χ4n) is 1.39. The molecule has 5 heteroatoms. The summed E-state index contributed by atoms with van der Waals surface area (Å²) >= 11 is 5.90. The number of nitrogens with zero attached hydrogens (tertiary/aromatic N) is 3. The van der Waals surface area contributed by atoms with Gasteiger partial charge in [0.2, 0.25) is 0 Å². The molecule has 78 valence electrons. The van der Waals surface area contributed by atoms with E-state index in [1.165, 1.54) is 6.33 Å². The van der Waals surface area contributed by atoms with Crippen LogP contribution >= 0.6 is 11.6 Å². The molecule has 4 nitrogen and oxygen atoms in total. The van der Waals surface area contributed by atoms with Crippen LogP contribution in [-0.2, 0) is 6.42 Å². The molecular weight excluding hydrogens is 212 g/mol. The van der Waals surface area contributed by atoms with Crippen molar-refractivity contribution >= 4 is 11.6 Å². The SMILES string of the molecule is NCCc1ncnn1-c1cccc(Cl)c1. The number of nitrogens with two attached hydrogens (primary N) is 1. The summed E-state index contributed by atoms with van der Waals surface area (Å²) in [5.41, 5.74) is 6.40. The van der Waals surface area contributed by atoms with E-state index in [9.17, 15) is 0 Å². The van der Waals surface area contributed by atoms with Crippen LogP contribution in [0.5, 0.6) is 0 Å². The van der Waals surface area contributed by atoms with Gasteiger partial charge in [-0.25, -0.2) is 9.67 Å². The molecule has 0 saturated carbocycles. The molecule has 0 saturated heterocycles. The summed E-state index contributed by atoms with van der Waals surface area (Å²) in [5.74, 6) is 0.847. The van der Waals surface area contributed by atoms with E-state index in [0.29, 0.717) is 18.0 Å². The van der Waals surface area contributed by atoms with Gasteiger partial charge in [0.15, 0.2) is 0 Å². The van der Waals surface area contributed by atoms with Gasteiger partial charge in [-0.05, 0) is 24.7 Å². The maximum Gasteiger partial charge on any atom is 0.138 e. The standard InChI is InChI=1S/C10H11ClN4/c11-8-2-1-3-9(6-8)15-10(4-5-12)13-7-14-15/h1-3,6-7H,4-5,12H2. The van der Waals surface area contributed by atoms with E-state index >= 15 is 0 Å². The fourth-order valence-corrected chi connectivity index (χ4v) is 1.57. The third-order valence-electron chi connectivity index (χ3n) is 2.04. The molecule has 0 atom stereocenters. The van der Waals surface area contributed by atoms with Gasteiger partial charge in [-0.1, -0.05) is 17.7 Å². The molecule has 2 N–H and O–H groups in total. The van der Waals surface area contributed by atoms with Crippen molar-refractivity contribution in [1.82, 2.24) is 14.8 Å². The Kier molecular flexibility index (Phi) is 2.99. The van der Waals surface area contributed by atoms with Crippen molar-refractivity contribution in [1.29, 1.82) is 0 Å². The first-order valence-electron chi connectivity index (χ1n) is 4.66. The molecule has 0 bridgehead atoms. The second kappa shape index (κ2) is 4.42. The summed E-state index contributed by atoms with van der Waals surface area (Å²) in [6, 6.07) is 7.48. The minimum absolute atomic E-state index is 0.555. The predicted molar refractivity (Wildman–Crippen MR) is 59.1 cm³/mol. The number of hydrogen-bond donors (Lipinski definition) is 1. The van der Waals surface area contributed by atoms with E-state index in [1.807, 2.05) is 24.3 Å². The van der Waals surface area contributed by atoms with Crippen LogP contribution in [0.25, 0.3) is 5.69 Å². The zero-order chi connectivity index (χ0) is 10.7. The van der Waals surface area contributed by atoms with Gasteiger partial charge in [0.1, 0.15) is 12.2 Å². The predicted octanol–water partition coefficient (Wildman–Crippen LogP) is 1.42. The summed E-state index contributed by atoms with van der Waals surface area (Å²) < 4.78 is 1.75. The summed E-state index contributed by atoms with van der Waals surface area (Å²) in [7, 11) is 0. The molecule has 0 radical (unpaired) electrons. The van der Waals surface area contributed by atoms with Crippen LogP contribution in [0.2, 0.25) is 5.02 Å². The Labute approximate surface area is 92.7 Å². The second-order valence-electron chi connectivity index (χ2n) is 3.11. The van der Waals surface area contributed by atoms with Crippen molar-refractivity contribution in [3.63, 3.8) is 0 Å². The Balaban J connectivity index is 2.40. The van der Waals surface area contributed by atoms with Gasteiger partial charge in [-0.3, -0.25) is 0 Å². The Bertz CT molecular complexity index is 452. The Hall–Kier alpha value is -1.39. The summed E-state index contributed by atoms with van der Waals surface area (Å²) in [4.78, 5) is 4.14. The highest BCUT2D eigenvalue weighted by Crippen LogP contribution is 2.14. The van der Waals surface area contributed by atoms with Crippen LogP contribution < -0.4 is 5.73 Å². The molecule has 0 aliphatic heterocycles. The van der Waals surface area contributed by atoms with Crippen molar-refractivity contribution < 1.29 is 0 Å². The van der Waals surface area contributed by atoms with Gasteiger partial charge in [0, 0.05) is 11.4 Å². The van der Waals surface area contributed by atoms with E-state index in [0.717, 1.165) is 11.5 Å². The minimum atomic E-state index is 0.555. The summed E-state index contributed by atoms with van der Waals surface area (Å²) in [6.45, 7) is 0.555. The lowest BCUT2D eigenvalue weighted by atomic mass is 10.3. The maximum atomic E-state index is 5.90. The average molecular weight is 223 g/mol. The first kappa shape index (κ1) is 10.1. The Morgan fingerprint density at radius 3 is 3.00 bits per heavy atom. The minimum Gasteiger partial charge on any atom is -0.330 e. The largest absolute Gasteiger partial charge is 0.330 e. The molecule has 0 aliphatic rings. The molecule has 2 aromatic rings. The molecule has 1 aromatic heterocycles. The van der Waals surface area contributed by atoms with Gasteiger partial charge >= 0.3 is 0 Å². The van der Waals surface area contributed by atoms with Gasteiger partial charge in [0.05, 0.1) is 5.69 Å². The first-order valence-corrected chi connectivity index (χ1v) is 5.04. The number of benzene rings is 1. The monoisotopic (exact) mass is 222 g/mol. The molecule has 1 heterocycles. The van der Waals surface area contributed by atoms with E-state index in [4.69, 9.17) is 17.3 Å². The van der Waals surface area contributed by atoms with Gasteiger partial charge < -0.3 is 5.73 Å². The van der Waals surface area contributed by atoms with E-state index < -0.39 is 0 Å². The number of rotatable bonds is 3. The molecule has 2 rings (SSSR count). The molecule has 15 heavy (non-hydrogen) atoms. The lowest BCUT2D eigenvalue weighted by Gasteiger charge is -2.04. The van der Waals surface area contributed by atoms with Crippen LogP contribution in [0.1, 0.15) is 5.82 Å². The van der Waals surface area contributed by atoms with Crippen molar-refractivity contribution in [2.45, 2.75) is 6.42 Å². The Morgan fingerprint density at radius 2 is 2.27 bits per heavy atom. The Morgan fingerprint density at radius 1 is 1.40 bits per heavy atom. The topological polar surface area (TPSA) is 56.7 Å². The highest BCUT2D eigenvalue weighted by molar-refractivity contribution is 6.30. The third-order valence-corrected chi connectivity index (χ3v) is 2.27. The molecule has 0 unspecified atom stereocenters. The molecule has 0 fully saturated rings. The highest BCUT2D eigenvalue weighted by Gasteiger charge is 2.05. The fraction of sp³-hybridized carbons (Fsp3) is 0.200. The smallest absolute Gasteiger partial charge is 0.138 e. The van der Waals surface area contributed by atoms with Crippen LogP contribution in [-0.4, -0.2) is 21.3 Å². The first-order chi connectivity index (χ1) is 7.31. The van der Waals surface area contributed by atoms with Gasteiger partial charge in [0.25, 0.3) is 0 Å². The molecule has 0 aliphatic carbocycles. The van der Waals surface area contributed by atoms with Crippen molar-refractivity contribution in [2.75, 3.05) is 6.54 Å². The molecule has 0 amide bonds. The molecule has 0 spiro atoms. The van der Waals surface area contributed by atoms with Gasteiger partial charge in [-0.2, -0.15) is 5.10 Å². The summed E-state index contributed by atoms with van der Waals surface area (Å²) in [6.07, 6.45) is 2.22. The molecular formula is C10H11ClN4.